The molecule has 4 heterocycles. The van der Waals surface area contributed by atoms with E-state index < -0.39 is 17.8 Å². The van der Waals surface area contributed by atoms with Gasteiger partial charge in [-0.3, -0.25) is 19.1 Å². The van der Waals surface area contributed by atoms with Gasteiger partial charge in [0.2, 0.25) is 0 Å². The molecule has 1 aliphatic carbocycles. The van der Waals surface area contributed by atoms with E-state index in [0.717, 1.165) is 64.9 Å². The van der Waals surface area contributed by atoms with Gasteiger partial charge in [0.05, 0.1) is 17.4 Å². The van der Waals surface area contributed by atoms with E-state index in [4.69, 9.17) is 5.10 Å². The van der Waals surface area contributed by atoms with Gasteiger partial charge in [0.1, 0.15) is 5.69 Å². The smallest absolute Gasteiger partial charge is 0.342 e. The number of hydrogen-bond acceptors (Lipinski definition) is 4. The van der Waals surface area contributed by atoms with Gasteiger partial charge in [-0.25, -0.2) is 0 Å². The zero-order chi connectivity index (χ0) is 22.6. The van der Waals surface area contributed by atoms with Crippen molar-refractivity contribution in [1.82, 2.24) is 29.9 Å². The van der Waals surface area contributed by atoms with Crippen LogP contribution in [0.15, 0.2) is 24.3 Å². The van der Waals surface area contributed by atoms with E-state index in [-0.39, 0.29) is 11.7 Å². The number of fused-ring (bicyclic) bond motifs is 1. The second kappa shape index (κ2) is 7.46. The van der Waals surface area contributed by atoms with Crippen LogP contribution in [-0.2, 0) is 19.8 Å². The van der Waals surface area contributed by atoms with E-state index in [1.54, 1.807) is 0 Å². The van der Waals surface area contributed by atoms with E-state index in [9.17, 15) is 18.0 Å². The molecule has 3 aromatic rings. The first-order chi connectivity index (χ1) is 15.2. The maximum absolute atomic E-state index is 13.0. The maximum Gasteiger partial charge on any atom is 0.435 e. The third kappa shape index (κ3) is 3.89. The van der Waals surface area contributed by atoms with Crippen molar-refractivity contribution in [2.75, 3.05) is 0 Å². The molecule has 5 rings (SSSR count). The molecule has 32 heavy (non-hydrogen) atoms. The summed E-state index contributed by atoms with van der Waals surface area (Å²) in [4.78, 5) is 17.4. The van der Waals surface area contributed by atoms with Gasteiger partial charge in [-0.15, -0.1) is 0 Å². The highest BCUT2D eigenvalue weighted by Crippen LogP contribution is 2.40. The van der Waals surface area contributed by atoms with Crippen molar-refractivity contribution in [2.24, 2.45) is 7.05 Å². The molecule has 1 saturated carbocycles. The lowest BCUT2D eigenvalue weighted by Gasteiger charge is -2.24. The Kier molecular flexibility index (Phi) is 4.83. The number of hydrogen-bond donors (Lipinski definition) is 1. The zero-order valence-electron chi connectivity index (χ0n) is 17.8. The van der Waals surface area contributed by atoms with Crippen molar-refractivity contribution in [3.63, 3.8) is 0 Å². The van der Waals surface area contributed by atoms with Crippen molar-refractivity contribution in [2.45, 2.75) is 57.3 Å². The van der Waals surface area contributed by atoms with Crippen molar-refractivity contribution < 1.29 is 18.0 Å². The number of aromatic nitrogens is 5. The Morgan fingerprint density at radius 3 is 2.59 bits per heavy atom. The highest BCUT2D eigenvalue weighted by molar-refractivity contribution is 5.93. The molecule has 1 amide bonds. The molecule has 168 valence electrons. The minimum Gasteiger partial charge on any atom is -0.342 e. The van der Waals surface area contributed by atoms with E-state index in [0.29, 0.717) is 12.3 Å². The molecular weight excluding hydrogens is 421 g/mol. The number of halogens is 3. The molecule has 7 nitrogen and oxygen atoms in total. The van der Waals surface area contributed by atoms with E-state index in [1.165, 1.54) is 7.05 Å². The van der Waals surface area contributed by atoms with Crippen molar-refractivity contribution in [3.8, 4) is 11.3 Å². The molecule has 1 atom stereocenters. The summed E-state index contributed by atoms with van der Waals surface area (Å²) in [6.07, 6.45) is -0.789. The summed E-state index contributed by atoms with van der Waals surface area (Å²) >= 11 is 0. The number of pyridine rings is 1. The van der Waals surface area contributed by atoms with Gasteiger partial charge >= 0.3 is 6.18 Å². The van der Waals surface area contributed by atoms with Gasteiger partial charge in [-0.05, 0) is 50.8 Å². The topological polar surface area (TPSA) is 77.6 Å². The van der Waals surface area contributed by atoms with Gasteiger partial charge < -0.3 is 5.32 Å². The first-order valence-corrected chi connectivity index (χ1v) is 10.7. The first kappa shape index (κ1) is 20.7. The van der Waals surface area contributed by atoms with E-state index in [2.05, 4.69) is 21.5 Å². The Bertz CT molecular complexity index is 1190. The minimum absolute atomic E-state index is 0.131. The summed E-state index contributed by atoms with van der Waals surface area (Å²) in [7, 11) is 1.33. The van der Waals surface area contributed by atoms with Crippen molar-refractivity contribution in [3.05, 3.63) is 52.7 Å². The highest BCUT2D eigenvalue weighted by atomic mass is 19.4. The first-order valence-electron chi connectivity index (χ1n) is 10.7. The van der Waals surface area contributed by atoms with Gasteiger partial charge in [0, 0.05) is 42.5 Å². The molecule has 0 radical (unpaired) electrons. The lowest BCUT2D eigenvalue weighted by molar-refractivity contribution is -0.141. The third-order valence-electron chi connectivity index (χ3n) is 6.00. The predicted molar refractivity (Wildman–Crippen MR) is 110 cm³/mol. The Labute approximate surface area is 182 Å². The quantitative estimate of drug-likeness (QED) is 0.656. The fraction of sp³-hybridized carbons (Fsp3) is 0.455. The Hall–Kier alpha value is -3.17. The van der Waals surface area contributed by atoms with Crippen molar-refractivity contribution in [1.29, 1.82) is 0 Å². The molecule has 0 unspecified atom stereocenters. The van der Waals surface area contributed by atoms with Crippen LogP contribution in [0.2, 0.25) is 0 Å². The number of nitrogens with one attached hydrogen (secondary N) is 1. The predicted octanol–water partition coefficient (Wildman–Crippen LogP) is 4.15. The molecule has 0 bridgehead atoms. The molecule has 1 N–H and O–H groups in total. The van der Waals surface area contributed by atoms with Crippen LogP contribution in [-0.4, -0.2) is 30.5 Å². The van der Waals surface area contributed by atoms with Crippen LogP contribution in [0, 0.1) is 6.92 Å². The number of aryl methyl sites for hydroxylation is 3. The van der Waals surface area contributed by atoms with Gasteiger partial charge in [0.25, 0.3) is 5.91 Å². The average molecular weight is 444 g/mol. The SMILES string of the molecule is Cc1cc(-c2cc3n(n2)CCC[C@@H]3NC(=O)c2cc(C(F)(F)F)nn2C)cc(C2CC2)n1. The maximum atomic E-state index is 13.0. The Morgan fingerprint density at radius 2 is 1.91 bits per heavy atom. The number of amides is 1. The zero-order valence-corrected chi connectivity index (χ0v) is 17.8. The Morgan fingerprint density at radius 1 is 1.12 bits per heavy atom. The second-order valence-corrected chi connectivity index (χ2v) is 8.58. The number of nitrogens with zero attached hydrogens (tertiary/aromatic N) is 5. The van der Waals surface area contributed by atoms with Gasteiger partial charge in [0.15, 0.2) is 5.69 Å². The molecule has 0 aromatic carbocycles. The van der Waals surface area contributed by atoms with Crippen LogP contribution in [0.1, 0.15) is 70.9 Å². The minimum atomic E-state index is -4.60. The number of rotatable bonds is 4. The van der Waals surface area contributed by atoms with Crippen LogP contribution in [0.25, 0.3) is 11.3 Å². The molecular formula is C22H23F3N6O. The summed E-state index contributed by atoms with van der Waals surface area (Å²) in [5.41, 5.74) is 3.47. The molecule has 10 heteroatoms. The van der Waals surface area contributed by atoms with Crippen LogP contribution in [0.5, 0.6) is 0 Å². The van der Waals surface area contributed by atoms with Crippen LogP contribution < -0.4 is 5.32 Å². The molecule has 3 aromatic heterocycles. The van der Waals surface area contributed by atoms with Gasteiger partial charge in [-0.2, -0.15) is 23.4 Å². The molecule has 0 spiro atoms. The fourth-order valence-electron chi connectivity index (χ4n) is 4.25. The van der Waals surface area contributed by atoms with Crippen LogP contribution in [0.3, 0.4) is 0 Å². The molecule has 2 aliphatic rings. The summed E-state index contributed by atoms with van der Waals surface area (Å²) < 4.78 is 41.7. The van der Waals surface area contributed by atoms with E-state index >= 15 is 0 Å². The number of alkyl halides is 3. The molecule has 1 fully saturated rings. The number of carbonyl (C=O) groups excluding carboxylic acids is 1. The number of carbonyl (C=O) groups is 1. The third-order valence-corrected chi connectivity index (χ3v) is 6.00. The Balaban J connectivity index is 1.41. The lowest BCUT2D eigenvalue weighted by Crippen LogP contribution is -2.33. The summed E-state index contributed by atoms with van der Waals surface area (Å²) in [6.45, 7) is 2.70. The normalized spacial score (nSPS) is 18.5. The van der Waals surface area contributed by atoms with Crippen LogP contribution >= 0.6 is 0 Å². The molecule has 0 saturated heterocycles. The van der Waals surface area contributed by atoms with Gasteiger partial charge in [-0.1, -0.05) is 0 Å². The van der Waals surface area contributed by atoms with E-state index in [1.807, 2.05) is 23.7 Å². The second-order valence-electron chi connectivity index (χ2n) is 8.58. The fourth-order valence-corrected chi connectivity index (χ4v) is 4.25. The van der Waals surface area contributed by atoms with Crippen LogP contribution in [0.4, 0.5) is 13.2 Å². The summed E-state index contributed by atoms with van der Waals surface area (Å²) in [5, 5.41) is 11.0. The highest BCUT2D eigenvalue weighted by Gasteiger charge is 2.36. The standard InChI is InChI=1S/C22H23F3N6O/c1-12-8-14(9-16(26-12)13-5-6-13)17-10-18-15(4-3-7-31(18)28-17)27-21(32)19-11-20(22(23,24)25)29-30(19)2/h8-11,13,15H,3-7H2,1-2H3,(H,27,32)/t15-/m0/s1. The summed E-state index contributed by atoms with van der Waals surface area (Å²) in [5.74, 6) is -0.0640. The summed E-state index contributed by atoms with van der Waals surface area (Å²) in [6, 6.07) is 6.48. The molecule has 1 aliphatic heterocycles. The van der Waals surface area contributed by atoms with Crippen molar-refractivity contribution >= 4 is 5.91 Å². The lowest BCUT2D eigenvalue weighted by atomic mass is 10.0. The monoisotopic (exact) mass is 444 g/mol. The largest absolute Gasteiger partial charge is 0.435 e. The average Bonchev–Trinajstić information content (AvgIpc) is 3.35.